The Hall–Kier alpha value is -0.900. The van der Waals surface area contributed by atoms with Crippen LogP contribution in [-0.4, -0.2) is 74.2 Å². The highest BCUT2D eigenvalue weighted by molar-refractivity contribution is 7.88. The van der Waals surface area contributed by atoms with E-state index >= 15 is 0 Å². The average molecular weight is 324 g/mol. The van der Waals surface area contributed by atoms with Crippen molar-refractivity contribution in [1.29, 1.82) is 0 Å². The Morgan fingerprint density at radius 1 is 1.05 bits per heavy atom. The van der Waals surface area contributed by atoms with Crippen LogP contribution >= 0.6 is 0 Å². The summed E-state index contributed by atoms with van der Waals surface area (Å²) in [7, 11) is 0.234. The molecule has 9 heteroatoms. The van der Waals surface area contributed by atoms with E-state index in [1.807, 2.05) is 0 Å². The Bertz CT molecular complexity index is 373. The van der Waals surface area contributed by atoms with E-state index < -0.39 is 10.0 Å². The number of hydrogen-bond acceptors (Lipinski definition) is 5. The summed E-state index contributed by atoms with van der Waals surface area (Å²) >= 11 is 0. The zero-order valence-electron chi connectivity index (χ0n) is 13.1. The first-order chi connectivity index (χ1) is 9.99. The summed E-state index contributed by atoms with van der Waals surface area (Å²) in [5.74, 6) is 0.700. The lowest BCUT2D eigenvalue weighted by Gasteiger charge is -2.12. The zero-order valence-corrected chi connectivity index (χ0v) is 14.0. The van der Waals surface area contributed by atoms with Gasteiger partial charge >= 0.3 is 0 Å². The lowest BCUT2D eigenvalue weighted by molar-refractivity contribution is 0.0698. The van der Waals surface area contributed by atoms with Crippen LogP contribution in [-0.2, 0) is 19.5 Å². The molecule has 0 aliphatic rings. The zero-order chi connectivity index (χ0) is 16.0. The third kappa shape index (κ3) is 15.3. The van der Waals surface area contributed by atoms with Gasteiger partial charge in [0, 0.05) is 40.4 Å². The quantitative estimate of drug-likeness (QED) is 0.245. The second-order valence-electron chi connectivity index (χ2n) is 4.40. The third-order valence-corrected chi connectivity index (χ3v) is 3.15. The minimum atomic E-state index is -3.10. The van der Waals surface area contributed by atoms with Crippen LogP contribution in [0.4, 0.5) is 0 Å². The number of nitrogens with zero attached hydrogens (tertiary/aromatic N) is 1. The molecular weight excluding hydrogens is 296 g/mol. The lowest BCUT2D eigenvalue weighted by atomic mass is 10.4. The molecule has 0 spiro atoms. The lowest BCUT2D eigenvalue weighted by Crippen LogP contribution is -2.39. The van der Waals surface area contributed by atoms with E-state index in [1.165, 1.54) is 0 Å². The molecule has 8 nitrogen and oxygen atoms in total. The van der Waals surface area contributed by atoms with Crippen molar-refractivity contribution in [3.63, 3.8) is 0 Å². The van der Waals surface area contributed by atoms with Crippen LogP contribution in [0.2, 0.25) is 0 Å². The summed E-state index contributed by atoms with van der Waals surface area (Å²) < 4.78 is 34.4. The summed E-state index contributed by atoms with van der Waals surface area (Å²) in [6.45, 7) is 3.71. The van der Waals surface area contributed by atoms with Crippen molar-refractivity contribution in [3.05, 3.63) is 0 Å². The van der Waals surface area contributed by atoms with Crippen LogP contribution in [0.1, 0.15) is 12.8 Å². The van der Waals surface area contributed by atoms with Gasteiger partial charge in [0.2, 0.25) is 10.0 Å². The molecule has 21 heavy (non-hydrogen) atoms. The molecule has 0 amide bonds. The Labute approximate surface area is 127 Å². The fourth-order valence-corrected chi connectivity index (χ4v) is 1.91. The third-order valence-electron chi connectivity index (χ3n) is 2.42. The van der Waals surface area contributed by atoms with Crippen LogP contribution in [0.25, 0.3) is 0 Å². The largest absolute Gasteiger partial charge is 0.382 e. The average Bonchev–Trinajstić information content (AvgIpc) is 2.42. The van der Waals surface area contributed by atoms with Crippen molar-refractivity contribution in [2.75, 3.05) is 59.9 Å². The minimum absolute atomic E-state index is 0.413. The van der Waals surface area contributed by atoms with Crippen molar-refractivity contribution in [2.45, 2.75) is 12.8 Å². The number of hydrogen-bond donors (Lipinski definition) is 3. The van der Waals surface area contributed by atoms with Crippen LogP contribution in [0.3, 0.4) is 0 Å². The van der Waals surface area contributed by atoms with E-state index in [1.54, 1.807) is 14.2 Å². The van der Waals surface area contributed by atoms with Gasteiger partial charge in [0.05, 0.1) is 19.5 Å². The molecule has 0 fully saturated rings. The predicted molar refractivity (Wildman–Crippen MR) is 84.1 cm³/mol. The standard InChI is InChI=1S/C12H28N4O4S/c1-13-12(14-6-4-8-16-21(3,17)18)15-7-5-9-20-11-10-19-2/h16H,4-11H2,1-3H3,(H2,13,14,15). The molecule has 0 bridgehead atoms. The Kier molecular flexibility index (Phi) is 12.3. The second-order valence-corrected chi connectivity index (χ2v) is 6.24. The van der Waals surface area contributed by atoms with Gasteiger partial charge in [-0.1, -0.05) is 0 Å². The maximum atomic E-state index is 10.9. The van der Waals surface area contributed by atoms with E-state index in [-0.39, 0.29) is 0 Å². The van der Waals surface area contributed by atoms with E-state index in [2.05, 4.69) is 20.3 Å². The molecule has 0 atom stereocenters. The van der Waals surface area contributed by atoms with Gasteiger partial charge in [-0.25, -0.2) is 13.1 Å². The van der Waals surface area contributed by atoms with Gasteiger partial charge in [0.1, 0.15) is 0 Å². The van der Waals surface area contributed by atoms with E-state index in [4.69, 9.17) is 9.47 Å². The molecular formula is C12H28N4O4S. The van der Waals surface area contributed by atoms with Crippen LogP contribution < -0.4 is 15.4 Å². The first-order valence-corrected chi connectivity index (χ1v) is 8.84. The Morgan fingerprint density at radius 2 is 1.71 bits per heavy atom. The summed E-state index contributed by atoms with van der Waals surface area (Å²) in [4.78, 5) is 4.08. The molecule has 0 radical (unpaired) electrons. The number of nitrogens with one attached hydrogen (secondary N) is 3. The Balaban J connectivity index is 3.51. The highest BCUT2D eigenvalue weighted by atomic mass is 32.2. The monoisotopic (exact) mass is 324 g/mol. The van der Waals surface area contributed by atoms with Crippen molar-refractivity contribution >= 4 is 16.0 Å². The van der Waals surface area contributed by atoms with Crippen molar-refractivity contribution in [2.24, 2.45) is 4.99 Å². The van der Waals surface area contributed by atoms with E-state index in [9.17, 15) is 8.42 Å². The minimum Gasteiger partial charge on any atom is -0.382 e. The fourth-order valence-electron chi connectivity index (χ4n) is 1.40. The molecule has 0 aliphatic heterocycles. The van der Waals surface area contributed by atoms with Gasteiger partial charge in [-0.05, 0) is 12.8 Å². The van der Waals surface area contributed by atoms with Crippen LogP contribution in [0, 0.1) is 0 Å². The first kappa shape index (κ1) is 20.1. The van der Waals surface area contributed by atoms with Crippen molar-refractivity contribution < 1.29 is 17.9 Å². The summed E-state index contributed by atoms with van der Waals surface area (Å²) in [6.07, 6.45) is 2.71. The van der Waals surface area contributed by atoms with Gasteiger partial charge in [0.15, 0.2) is 5.96 Å². The maximum absolute atomic E-state index is 10.9. The molecule has 0 unspecified atom stereocenters. The van der Waals surface area contributed by atoms with E-state index in [0.29, 0.717) is 45.3 Å². The normalized spacial score (nSPS) is 12.4. The summed E-state index contributed by atoms with van der Waals surface area (Å²) in [6, 6.07) is 0. The first-order valence-electron chi connectivity index (χ1n) is 6.95. The second kappa shape index (κ2) is 12.8. The molecule has 0 aromatic carbocycles. The predicted octanol–water partition coefficient (Wildman–Crippen LogP) is -0.856. The fraction of sp³-hybridized carbons (Fsp3) is 0.917. The van der Waals surface area contributed by atoms with Crippen LogP contribution in [0.15, 0.2) is 4.99 Å². The molecule has 126 valence electrons. The van der Waals surface area contributed by atoms with Crippen molar-refractivity contribution in [1.82, 2.24) is 15.4 Å². The topological polar surface area (TPSA) is 101 Å². The summed E-state index contributed by atoms with van der Waals surface area (Å²) in [5, 5.41) is 6.27. The molecule has 0 aromatic heterocycles. The highest BCUT2D eigenvalue weighted by Crippen LogP contribution is 1.83. The number of aliphatic imine (C=N–C) groups is 1. The van der Waals surface area contributed by atoms with Gasteiger partial charge in [-0.15, -0.1) is 0 Å². The molecule has 0 aliphatic carbocycles. The number of rotatable bonds is 12. The maximum Gasteiger partial charge on any atom is 0.208 e. The van der Waals surface area contributed by atoms with Crippen molar-refractivity contribution in [3.8, 4) is 0 Å². The molecule has 0 saturated heterocycles. The number of ether oxygens (including phenoxy) is 2. The number of sulfonamides is 1. The van der Waals surface area contributed by atoms with Gasteiger partial charge in [0.25, 0.3) is 0 Å². The summed E-state index contributed by atoms with van der Waals surface area (Å²) in [5.41, 5.74) is 0. The van der Waals surface area contributed by atoms with Crippen LogP contribution in [0.5, 0.6) is 0 Å². The van der Waals surface area contributed by atoms with Gasteiger partial charge < -0.3 is 20.1 Å². The molecule has 0 saturated carbocycles. The SMILES string of the molecule is CN=C(NCCCNS(C)(=O)=O)NCCCOCCOC. The molecule has 0 heterocycles. The molecule has 0 aromatic rings. The number of methoxy groups -OCH3 is 1. The smallest absolute Gasteiger partial charge is 0.208 e. The van der Waals surface area contributed by atoms with Gasteiger partial charge in [-0.3, -0.25) is 4.99 Å². The molecule has 0 rings (SSSR count). The number of guanidine groups is 1. The van der Waals surface area contributed by atoms with Gasteiger partial charge in [-0.2, -0.15) is 0 Å². The Morgan fingerprint density at radius 3 is 2.29 bits per heavy atom. The van der Waals surface area contributed by atoms with E-state index in [0.717, 1.165) is 19.2 Å². The molecule has 3 N–H and O–H groups in total. The highest BCUT2D eigenvalue weighted by Gasteiger charge is 2.00.